The molecule has 0 aliphatic carbocycles. The van der Waals surface area contributed by atoms with E-state index in [-0.39, 0.29) is 5.91 Å². The second-order valence-corrected chi connectivity index (χ2v) is 3.93. The Balaban J connectivity index is 2.18. The Kier molecular flexibility index (Phi) is 3.16. The summed E-state index contributed by atoms with van der Waals surface area (Å²) in [6.45, 7) is 0. The number of hydrogen-bond donors (Lipinski definition) is 1. The first kappa shape index (κ1) is 10.6. The second kappa shape index (κ2) is 4.76. The Morgan fingerprint density at radius 1 is 1.44 bits per heavy atom. The Bertz CT molecular complexity index is 482. The molecule has 82 valence electrons. The van der Waals surface area contributed by atoms with Crippen molar-refractivity contribution >= 4 is 23.1 Å². The molecule has 0 fully saturated rings. The van der Waals surface area contributed by atoms with Crippen molar-refractivity contribution in [2.24, 2.45) is 0 Å². The number of ether oxygens (including phenoxy) is 1. The predicted molar refractivity (Wildman–Crippen MR) is 63.1 cm³/mol. The molecular formula is C11H10N2O2S. The molecule has 2 aromatic heterocycles. The summed E-state index contributed by atoms with van der Waals surface area (Å²) in [5.74, 6) is 0.808. The summed E-state index contributed by atoms with van der Waals surface area (Å²) in [6.07, 6.45) is 1.60. The number of aromatic nitrogens is 1. The quantitative estimate of drug-likeness (QED) is 0.887. The third-order valence-electron chi connectivity index (χ3n) is 1.97. The molecule has 0 saturated carbocycles. The number of hydrogen-bond acceptors (Lipinski definition) is 4. The molecule has 0 unspecified atom stereocenters. The SMILES string of the molecule is COc1cccnc1NC(=O)c1cccs1. The summed E-state index contributed by atoms with van der Waals surface area (Å²) in [7, 11) is 1.54. The first-order valence-corrected chi connectivity index (χ1v) is 5.53. The van der Waals surface area contributed by atoms with Gasteiger partial charge in [0.2, 0.25) is 0 Å². The number of carbonyl (C=O) groups excluding carboxylic acids is 1. The molecule has 2 rings (SSSR count). The summed E-state index contributed by atoms with van der Waals surface area (Å²) in [5, 5.41) is 4.55. The van der Waals surface area contributed by atoms with Gasteiger partial charge in [0.05, 0.1) is 12.0 Å². The molecule has 0 aliphatic rings. The van der Waals surface area contributed by atoms with E-state index in [0.717, 1.165) is 0 Å². The van der Waals surface area contributed by atoms with Crippen molar-refractivity contribution in [3.8, 4) is 5.75 Å². The molecule has 0 radical (unpaired) electrons. The van der Waals surface area contributed by atoms with Crippen LogP contribution in [-0.4, -0.2) is 18.0 Å². The van der Waals surface area contributed by atoms with Crippen molar-refractivity contribution in [1.82, 2.24) is 4.98 Å². The van der Waals surface area contributed by atoms with Crippen LogP contribution < -0.4 is 10.1 Å². The minimum Gasteiger partial charge on any atom is -0.493 e. The van der Waals surface area contributed by atoms with Crippen LogP contribution in [0.1, 0.15) is 9.67 Å². The number of anilines is 1. The summed E-state index contributed by atoms with van der Waals surface area (Å²) in [4.78, 5) is 16.4. The summed E-state index contributed by atoms with van der Waals surface area (Å²) < 4.78 is 5.09. The lowest BCUT2D eigenvalue weighted by Gasteiger charge is -2.07. The topological polar surface area (TPSA) is 51.2 Å². The number of nitrogens with one attached hydrogen (secondary N) is 1. The van der Waals surface area contributed by atoms with E-state index in [1.807, 2.05) is 11.4 Å². The van der Waals surface area contributed by atoms with E-state index >= 15 is 0 Å². The van der Waals surface area contributed by atoms with Gasteiger partial charge < -0.3 is 10.1 Å². The summed E-state index contributed by atoms with van der Waals surface area (Å²) in [6, 6.07) is 7.08. The zero-order valence-corrected chi connectivity index (χ0v) is 9.45. The van der Waals surface area contributed by atoms with Crippen molar-refractivity contribution in [2.75, 3.05) is 12.4 Å². The lowest BCUT2D eigenvalue weighted by molar-refractivity contribution is 0.102. The molecule has 0 spiro atoms. The number of methoxy groups -OCH3 is 1. The van der Waals surface area contributed by atoms with E-state index in [2.05, 4.69) is 10.3 Å². The maximum atomic E-state index is 11.7. The van der Waals surface area contributed by atoms with Crippen molar-refractivity contribution in [3.63, 3.8) is 0 Å². The molecule has 1 amide bonds. The summed E-state index contributed by atoms with van der Waals surface area (Å²) >= 11 is 1.38. The average Bonchev–Trinajstić information content (AvgIpc) is 2.83. The van der Waals surface area contributed by atoms with Crippen LogP contribution in [0.25, 0.3) is 0 Å². The second-order valence-electron chi connectivity index (χ2n) is 2.99. The summed E-state index contributed by atoms with van der Waals surface area (Å²) in [5.41, 5.74) is 0. The smallest absolute Gasteiger partial charge is 0.266 e. The number of amides is 1. The molecular weight excluding hydrogens is 224 g/mol. The van der Waals surface area contributed by atoms with Crippen molar-refractivity contribution in [2.45, 2.75) is 0 Å². The number of nitrogens with zero attached hydrogens (tertiary/aromatic N) is 1. The largest absolute Gasteiger partial charge is 0.493 e. The van der Waals surface area contributed by atoms with E-state index in [0.29, 0.717) is 16.4 Å². The molecule has 5 heteroatoms. The Hall–Kier alpha value is -1.88. The standard InChI is InChI=1S/C11H10N2O2S/c1-15-8-4-2-6-12-10(8)13-11(14)9-5-3-7-16-9/h2-7H,1H3,(H,12,13,14). The molecule has 2 heterocycles. The van der Waals surface area contributed by atoms with Crippen molar-refractivity contribution in [3.05, 3.63) is 40.7 Å². The van der Waals surface area contributed by atoms with Crippen LogP contribution in [0.15, 0.2) is 35.8 Å². The predicted octanol–water partition coefficient (Wildman–Crippen LogP) is 2.40. The van der Waals surface area contributed by atoms with Crippen molar-refractivity contribution in [1.29, 1.82) is 0 Å². The average molecular weight is 234 g/mol. The highest BCUT2D eigenvalue weighted by atomic mass is 32.1. The maximum absolute atomic E-state index is 11.7. The zero-order chi connectivity index (χ0) is 11.4. The van der Waals surface area contributed by atoms with Crippen LogP contribution in [0.2, 0.25) is 0 Å². The van der Waals surface area contributed by atoms with Gasteiger partial charge in [0.1, 0.15) is 0 Å². The van der Waals surface area contributed by atoms with E-state index in [9.17, 15) is 4.79 Å². The van der Waals surface area contributed by atoms with Crippen molar-refractivity contribution < 1.29 is 9.53 Å². The van der Waals surface area contributed by atoms with Gasteiger partial charge in [-0.15, -0.1) is 11.3 Å². The van der Waals surface area contributed by atoms with E-state index in [1.54, 1.807) is 24.4 Å². The van der Waals surface area contributed by atoms with Crippen LogP contribution in [0.5, 0.6) is 5.75 Å². The van der Waals surface area contributed by atoms with Crippen LogP contribution in [0.4, 0.5) is 5.82 Å². The molecule has 1 N–H and O–H groups in total. The van der Waals surface area contributed by atoms with Gasteiger partial charge in [0, 0.05) is 6.20 Å². The van der Waals surface area contributed by atoms with Crippen LogP contribution in [0, 0.1) is 0 Å². The van der Waals surface area contributed by atoms with Crippen LogP contribution in [0.3, 0.4) is 0 Å². The number of carbonyl (C=O) groups is 1. The molecule has 0 bridgehead atoms. The Morgan fingerprint density at radius 3 is 3.00 bits per heavy atom. The molecule has 2 aromatic rings. The third kappa shape index (κ3) is 2.20. The first-order valence-electron chi connectivity index (χ1n) is 4.65. The highest BCUT2D eigenvalue weighted by molar-refractivity contribution is 7.12. The number of rotatable bonds is 3. The van der Waals surface area contributed by atoms with Gasteiger partial charge in [0.25, 0.3) is 5.91 Å². The molecule has 0 aliphatic heterocycles. The van der Waals surface area contributed by atoms with Gasteiger partial charge in [0.15, 0.2) is 11.6 Å². The van der Waals surface area contributed by atoms with Gasteiger partial charge in [-0.2, -0.15) is 0 Å². The molecule has 0 atom stereocenters. The molecule has 0 saturated heterocycles. The first-order chi connectivity index (χ1) is 7.81. The van der Waals surface area contributed by atoms with E-state index < -0.39 is 0 Å². The minimum atomic E-state index is -0.174. The van der Waals surface area contributed by atoms with Gasteiger partial charge >= 0.3 is 0 Å². The van der Waals surface area contributed by atoms with Gasteiger partial charge in [-0.25, -0.2) is 4.98 Å². The highest BCUT2D eigenvalue weighted by Gasteiger charge is 2.10. The van der Waals surface area contributed by atoms with Crippen LogP contribution >= 0.6 is 11.3 Å². The third-order valence-corrected chi connectivity index (χ3v) is 2.84. The van der Waals surface area contributed by atoms with Gasteiger partial charge in [-0.1, -0.05) is 6.07 Å². The molecule has 0 aromatic carbocycles. The molecule has 16 heavy (non-hydrogen) atoms. The fourth-order valence-corrected chi connectivity index (χ4v) is 1.84. The Labute approximate surface area is 96.9 Å². The van der Waals surface area contributed by atoms with E-state index in [4.69, 9.17) is 4.74 Å². The lowest BCUT2D eigenvalue weighted by atomic mass is 10.4. The fraction of sp³-hybridized carbons (Fsp3) is 0.0909. The normalized spacial score (nSPS) is 9.81. The highest BCUT2D eigenvalue weighted by Crippen LogP contribution is 2.21. The van der Waals surface area contributed by atoms with Crippen LogP contribution in [-0.2, 0) is 0 Å². The van der Waals surface area contributed by atoms with Gasteiger partial charge in [-0.05, 0) is 23.6 Å². The fourth-order valence-electron chi connectivity index (χ4n) is 1.23. The zero-order valence-electron chi connectivity index (χ0n) is 8.64. The van der Waals surface area contributed by atoms with E-state index in [1.165, 1.54) is 18.4 Å². The lowest BCUT2D eigenvalue weighted by Crippen LogP contribution is -2.12. The monoisotopic (exact) mass is 234 g/mol. The molecule has 4 nitrogen and oxygen atoms in total. The number of thiophene rings is 1. The van der Waals surface area contributed by atoms with Gasteiger partial charge in [-0.3, -0.25) is 4.79 Å². The number of pyridine rings is 1. The minimum absolute atomic E-state index is 0.174. The maximum Gasteiger partial charge on any atom is 0.266 e. The Morgan fingerprint density at radius 2 is 2.31 bits per heavy atom.